The molecule has 0 aliphatic carbocycles. The van der Waals surface area contributed by atoms with Crippen molar-refractivity contribution in [3.63, 3.8) is 0 Å². The first kappa shape index (κ1) is 17.5. The van der Waals surface area contributed by atoms with E-state index in [0.717, 1.165) is 24.8 Å². The summed E-state index contributed by atoms with van der Waals surface area (Å²) in [4.78, 5) is 11.5. The summed E-state index contributed by atoms with van der Waals surface area (Å²) in [5.41, 5.74) is 3.21. The van der Waals surface area contributed by atoms with Crippen LogP contribution in [-0.2, 0) is 4.79 Å². The van der Waals surface area contributed by atoms with Gasteiger partial charge in [0.2, 0.25) is 5.91 Å². The monoisotopic (exact) mass is 356 g/mol. The second-order valence-corrected chi connectivity index (χ2v) is 5.39. The van der Waals surface area contributed by atoms with Gasteiger partial charge < -0.3 is 9.84 Å². The van der Waals surface area contributed by atoms with Crippen molar-refractivity contribution in [1.29, 1.82) is 0 Å². The van der Waals surface area contributed by atoms with E-state index in [9.17, 15) is 9.90 Å². The number of hydrogen-bond acceptors (Lipinski definition) is 4. The lowest BCUT2D eigenvalue weighted by Crippen LogP contribution is -2.16. The average Bonchev–Trinajstić information content (AvgIpc) is 2.45. The molecular formula is C15H21BrN2O3. The van der Waals surface area contributed by atoms with Gasteiger partial charge in [0.15, 0.2) is 11.5 Å². The van der Waals surface area contributed by atoms with E-state index in [-0.39, 0.29) is 11.7 Å². The molecule has 116 valence electrons. The minimum atomic E-state index is -0.0948. The molecule has 0 spiro atoms. The predicted molar refractivity (Wildman–Crippen MR) is 86.9 cm³/mol. The van der Waals surface area contributed by atoms with Gasteiger partial charge in [-0.25, -0.2) is 5.43 Å². The summed E-state index contributed by atoms with van der Waals surface area (Å²) < 4.78 is 5.84. The van der Waals surface area contributed by atoms with E-state index in [1.165, 1.54) is 6.21 Å². The molecule has 1 aromatic rings. The van der Waals surface area contributed by atoms with Crippen molar-refractivity contribution in [2.75, 3.05) is 6.61 Å². The van der Waals surface area contributed by atoms with Crippen LogP contribution in [0.2, 0.25) is 0 Å². The molecule has 0 aliphatic heterocycles. The molecular weight excluding hydrogens is 336 g/mol. The summed E-state index contributed by atoms with van der Waals surface area (Å²) >= 11 is 3.25. The number of nitrogens with zero attached hydrogens (tertiary/aromatic N) is 1. The normalized spacial score (nSPS) is 10.8. The maximum atomic E-state index is 11.5. The molecule has 0 fully saturated rings. The van der Waals surface area contributed by atoms with Crippen LogP contribution in [0.15, 0.2) is 21.7 Å². The number of amides is 1. The number of carbonyl (C=O) groups excluding carboxylic acids is 1. The van der Waals surface area contributed by atoms with E-state index in [4.69, 9.17) is 4.74 Å². The van der Waals surface area contributed by atoms with E-state index >= 15 is 0 Å². The van der Waals surface area contributed by atoms with Crippen LogP contribution in [0.4, 0.5) is 0 Å². The van der Waals surface area contributed by atoms with Gasteiger partial charge in [-0.3, -0.25) is 4.79 Å². The Morgan fingerprint density at radius 1 is 1.43 bits per heavy atom. The molecule has 0 aliphatic rings. The zero-order chi connectivity index (χ0) is 15.7. The van der Waals surface area contributed by atoms with E-state index < -0.39 is 0 Å². The van der Waals surface area contributed by atoms with Crippen LogP contribution in [-0.4, -0.2) is 23.8 Å². The third-order valence-corrected chi connectivity index (χ3v) is 3.37. The van der Waals surface area contributed by atoms with Gasteiger partial charge in [-0.1, -0.05) is 19.8 Å². The van der Waals surface area contributed by atoms with E-state index in [0.29, 0.717) is 23.2 Å². The Hall–Kier alpha value is -1.56. The summed E-state index contributed by atoms with van der Waals surface area (Å²) in [7, 11) is 0. The molecule has 0 saturated carbocycles. The van der Waals surface area contributed by atoms with Gasteiger partial charge in [-0.2, -0.15) is 5.10 Å². The molecule has 0 atom stereocenters. The Morgan fingerprint density at radius 2 is 2.19 bits per heavy atom. The summed E-state index contributed by atoms with van der Waals surface area (Å²) in [6, 6.07) is 3.36. The number of phenols is 1. The minimum absolute atomic E-state index is 0.0533. The molecule has 2 N–H and O–H groups in total. The van der Waals surface area contributed by atoms with Gasteiger partial charge in [0.05, 0.1) is 17.3 Å². The Kier molecular flexibility index (Phi) is 7.82. The number of aromatic hydroxyl groups is 1. The highest BCUT2D eigenvalue weighted by Gasteiger charge is 2.08. The number of nitrogens with one attached hydrogen (secondary N) is 1. The highest BCUT2D eigenvalue weighted by Crippen LogP contribution is 2.34. The topological polar surface area (TPSA) is 70.9 Å². The molecule has 0 heterocycles. The quantitative estimate of drug-likeness (QED) is 0.424. The van der Waals surface area contributed by atoms with Crippen molar-refractivity contribution >= 4 is 28.1 Å². The predicted octanol–water partition coefficient (Wildman–Crippen LogP) is 3.58. The van der Waals surface area contributed by atoms with Crippen molar-refractivity contribution in [3.8, 4) is 11.5 Å². The zero-order valence-corrected chi connectivity index (χ0v) is 13.9. The fourth-order valence-corrected chi connectivity index (χ4v) is 2.16. The van der Waals surface area contributed by atoms with E-state index in [1.807, 2.05) is 6.92 Å². The number of benzene rings is 1. The second kappa shape index (κ2) is 9.39. The molecule has 1 aromatic carbocycles. The second-order valence-electron chi connectivity index (χ2n) is 4.53. The van der Waals surface area contributed by atoms with E-state index in [2.05, 4.69) is 33.4 Å². The Labute approximate surface area is 133 Å². The molecule has 0 saturated heterocycles. The summed E-state index contributed by atoms with van der Waals surface area (Å²) in [5, 5.41) is 13.7. The molecule has 0 bridgehead atoms. The number of ether oxygens (including phenoxy) is 1. The summed E-state index contributed by atoms with van der Waals surface area (Å²) in [6.45, 7) is 4.38. The van der Waals surface area contributed by atoms with Crippen molar-refractivity contribution in [1.82, 2.24) is 5.43 Å². The van der Waals surface area contributed by atoms with Gasteiger partial charge in [0, 0.05) is 6.42 Å². The smallest absolute Gasteiger partial charge is 0.240 e. The minimum Gasteiger partial charge on any atom is -0.503 e. The Balaban J connectivity index is 2.61. The van der Waals surface area contributed by atoms with Gasteiger partial charge in [0.25, 0.3) is 0 Å². The Morgan fingerprint density at radius 3 is 2.86 bits per heavy atom. The lowest BCUT2D eigenvalue weighted by molar-refractivity contribution is -0.121. The molecule has 0 unspecified atom stereocenters. The fourth-order valence-electron chi connectivity index (χ4n) is 1.70. The first-order valence-electron chi connectivity index (χ1n) is 7.05. The lowest BCUT2D eigenvalue weighted by atomic mass is 10.2. The van der Waals surface area contributed by atoms with Gasteiger partial charge in [-0.15, -0.1) is 0 Å². The molecule has 1 amide bonds. The number of unbranched alkanes of at least 4 members (excludes halogenated alkanes) is 2. The van der Waals surface area contributed by atoms with Gasteiger partial charge in [-0.05, 0) is 47.0 Å². The van der Waals surface area contributed by atoms with Crippen LogP contribution < -0.4 is 10.2 Å². The molecule has 5 nitrogen and oxygen atoms in total. The summed E-state index contributed by atoms with van der Waals surface area (Å²) in [6.07, 6.45) is 4.99. The number of phenolic OH excluding ortho intramolecular Hbond substituents is 1. The largest absolute Gasteiger partial charge is 0.503 e. The van der Waals surface area contributed by atoms with Crippen molar-refractivity contribution in [2.24, 2.45) is 5.10 Å². The van der Waals surface area contributed by atoms with Crippen LogP contribution in [0.5, 0.6) is 11.5 Å². The number of hydrogen-bond donors (Lipinski definition) is 2. The SMILES string of the molecule is CCCCCC(=O)N/N=C/c1cc(Br)c(O)c(OCC)c1. The van der Waals surface area contributed by atoms with Crippen molar-refractivity contribution in [2.45, 2.75) is 39.5 Å². The Bertz CT molecular complexity index is 504. The first-order valence-corrected chi connectivity index (χ1v) is 7.85. The molecule has 1 rings (SSSR count). The molecule has 6 heteroatoms. The number of rotatable bonds is 8. The fraction of sp³-hybridized carbons (Fsp3) is 0.467. The van der Waals surface area contributed by atoms with Gasteiger partial charge in [0.1, 0.15) is 0 Å². The molecule has 0 aromatic heterocycles. The standard InChI is InChI=1S/C15H21BrN2O3/c1-3-5-6-7-14(19)18-17-10-11-8-12(16)15(20)13(9-11)21-4-2/h8-10,20H,3-7H2,1-2H3,(H,18,19)/b17-10+. The zero-order valence-electron chi connectivity index (χ0n) is 12.4. The van der Waals surface area contributed by atoms with Crippen molar-refractivity contribution in [3.05, 3.63) is 22.2 Å². The third kappa shape index (κ3) is 6.16. The third-order valence-electron chi connectivity index (χ3n) is 2.76. The van der Waals surface area contributed by atoms with Crippen LogP contribution in [0.1, 0.15) is 45.1 Å². The van der Waals surface area contributed by atoms with Crippen LogP contribution in [0.3, 0.4) is 0 Å². The van der Waals surface area contributed by atoms with E-state index in [1.54, 1.807) is 12.1 Å². The summed E-state index contributed by atoms with van der Waals surface area (Å²) in [5.74, 6) is 0.336. The number of carbonyl (C=O) groups is 1. The van der Waals surface area contributed by atoms with Crippen LogP contribution in [0, 0.1) is 0 Å². The van der Waals surface area contributed by atoms with Crippen molar-refractivity contribution < 1.29 is 14.6 Å². The average molecular weight is 357 g/mol. The highest BCUT2D eigenvalue weighted by atomic mass is 79.9. The molecule has 21 heavy (non-hydrogen) atoms. The van der Waals surface area contributed by atoms with Gasteiger partial charge >= 0.3 is 0 Å². The van der Waals surface area contributed by atoms with Crippen LogP contribution >= 0.6 is 15.9 Å². The number of halogens is 1. The number of hydrazone groups is 1. The first-order chi connectivity index (χ1) is 10.1. The maximum Gasteiger partial charge on any atom is 0.240 e. The maximum absolute atomic E-state index is 11.5. The highest BCUT2D eigenvalue weighted by molar-refractivity contribution is 9.10. The van der Waals surface area contributed by atoms with Crippen LogP contribution in [0.25, 0.3) is 0 Å². The molecule has 0 radical (unpaired) electrons. The lowest BCUT2D eigenvalue weighted by Gasteiger charge is -2.08.